The fourth-order valence-corrected chi connectivity index (χ4v) is 2.03. The Bertz CT molecular complexity index is 251. The maximum Gasteiger partial charge on any atom is 0.0474 e. The molecule has 0 aliphatic rings. The van der Waals surface area contributed by atoms with Crippen molar-refractivity contribution in [2.24, 2.45) is 0 Å². The van der Waals surface area contributed by atoms with Gasteiger partial charge in [0.25, 0.3) is 0 Å². The molecule has 1 nitrogen and oxygen atoms in total. The highest BCUT2D eigenvalue weighted by molar-refractivity contribution is 6.77. The molecule has 1 unspecified atom stereocenters. The van der Waals surface area contributed by atoms with E-state index in [1.165, 1.54) is 12.0 Å². The van der Waals surface area contributed by atoms with Gasteiger partial charge in [-0.25, -0.2) is 0 Å². The standard InChI is InChI=1S/C11H19NSi/c1-10(13(2,3)4)9-11-5-7-12-8-6-11/h5-8,10H,9H2,1-4H3. The molecule has 0 saturated heterocycles. The molecular weight excluding hydrogens is 174 g/mol. The lowest BCUT2D eigenvalue weighted by atomic mass is 10.1. The lowest BCUT2D eigenvalue weighted by Crippen LogP contribution is -2.27. The van der Waals surface area contributed by atoms with Crippen molar-refractivity contribution in [2.45, 2.75) is 38.5 Å². The third-order valence-corrected chi connectivity index (χ3v) is 5.93. The van der Waals surface area contributed by atoms with Crippen molar-refractivity contribution in [1.82, 2.24) is 4.98 Å². The second-order valence-corrected chi connectivity index (χ2v) is 10.5. The fraction of sp³-hybridized carbons (Fsp3) is 0.545. The maximum absolute atomic E-state index is 4.03. The molecule has 0 aliphatic heterocycles. The van der Waals surface area contributed by atoms with Gasteiger partial charge in [-0.05, 0) is 29.7 Å². The first-order valence-electron chi connectivity index (χ1n) is 4.89. The van der Waals surface area contributed by atoms with Gasteiger partial charge in [0.15, 0.2) is 0 Å². The van der Waals surface area contributed by atoms with Gasteiger partial charge in [-0.1, -0.05) is 26.6 Å². The van der Waals surface area contributed by atoms with E-state index in [9.17, 15) is 0 Å². The average Bonchev–Trinajstić information content (AvgIpc) is 2.04. The van der Waals surface area contributed by atoms with Crippen LogP contribution in [0.5, 0.6) is 0 Å². The van der Waals surface area contributed by atoms with Crippen LogP contribution in [0.25, 0.3) is 0 Å². The highest BCUT2D eigenvalue weighted by atomic mass is 28.3. The van der Waals surface area contributed by atoms with Crippen LogP contribution in [0.3, 0.4) is 0 Å². The molecule has 0 spiro atoms. The van der Waals surface area contributed by atoms with Gasteiger partial charge in [0.1, 0.15) is 0 Å². The molecule has 0 aromatic carbocycles. The minimum Gasteiger partial charge on any atom is -0.265 e. The average molecular weight is 193 g/mol. The van der Waals surface area contributed by atoms with Gasteiger partial charge >= 0.3 is 0 Å². The van der Waals surface area contributed by atoms with Crippen LogP contribution in [-0.2, 0) is 6.42 Å². The topological polar surface area (TPSA) is 12.9 Å². The molecule has 1 atom stereocenters. The molecule has 0 radical (unpaired) electrons. The third-order valence-electron chi connectivity index (χ3n) is 2.77. The summed E-state index contributed by atoms with van der Waals surface area (Å²) in [5.41, 5.74) is 2.26. The number of aromatic nitrogens is 1. The lowest BCUT2D eigenvalue weighted by molar-refractivity contribution is 0.872. The van der Waals surface area contributed by atoms with Gasteiger partial charge in [-0.2, -0.15) is 0 Å². The van der Waals surface area contributed by atoms with E-state index in [4.69, 9.17) is 0 Å². The van der Waals surface area contributed by atoms with E-state index in [2.05, 4.69) is 43.7 Å². The van der Waals surface area contributed by atoms with Crippen molar-refractivity contribution in [3.63, 3.8) is 0 Å². The molecule has 0 fully saturated rings. The highest BCUT2D eigenvalue weighted by Crippen LogP contribution is 2.24. The zero-order chi connectivity index (χ0) is 9.90. The number of rotatable bonds is 3. The quantitative estimate of drug-likeness (QED) is 0.671. The third kappa shape index (κ3) is 3.31. The summed E-state index contributed by atoms with van der Waals surface area (Å²) in [4.78, 5) is 4.03. The minimum absolute atomic E-state index is 0.842. The highest BCUT2D eigenvalue weighted by Gasteiger charge is 2.21. The first-order valence-corrected chi connectivity index (χ1v) is 8.47. The Morgan fingerprint density at radius 3 is 2.23 bits per heavy atom. The molecule has 0 N–H and O–H groups in total. The minimum atomic E-state index is -0.964. The van der Waals surface area contributed by atoms with Gasteiger partial charge in [-0.3, -0.25) is 4.98 Å². The Balaban J connectivity index is 2.61. The molecule has 1 aromatic heterocycles. The smallest absolute Gasteiger partial charge is 0.0474 e. The van der Waals surface area contributed by atoms with Gasteiger partial charge in [0, 0.05) is 20.5 Å². The molecule has 13 heavy (non-hydrogen) atoms. The van der Waals surface area contributed by atoms with Crippen molar-refractivity contribution in [2.75, 3.05) is 0 Å². The van der Waals surface area contributed by atoms with Gasteiger partial charge in [0.05, 0.1) is 0 Å². The molecule has 1 aromatic rings. The predicted molar refractivity (Wildman–Crippen MR) is 60.7 cm³/mol. The van der Waals surface area contributed by atoms with Crippen molar-refractivity contribution in [1.29, 1.82) is 0 Å². The van der Waals surface area contributed by atoms with Crippen molar-refractivity contribution in [3.05, 3.63) is 30.1 Å². The normalized spacial score (nSPS) is 14.2. The lowest BCUT2D eigenvalue weighted by Gasteiger charge is -2.25. The Morgan fingerprint density at radius 2 is 1.77 bits per heavy atom. The predicted octanol–water partition coefficient (Wildman–Crippen LogP) is 3.35. The SMILES string of the molecule is CC(Cc1ccncc1)[Si](C)(C)C. The van der Waals surface area contributed by atoms with E-state index in [0.29, 0.717) is 0 Å². The molecule has 0 aliphatic carbocycles. The van der Waals surface area contributed by atoms with Crippen LogP contribution in [0, 0.1) is 0 Å². The summed E-state index contributed by atoms with van der Waals surface area (Å²) >= 11 is 0. The van der Waals surface area contributed by atoms with Crippen LogP contribution in [-0.4, -0.2) is 13.1 Å². The van der Waals surface area contributed by atoms with Crippen LogP contribution in [0.2, 0.25) is 25.2 Å². The zero-order valence-electron chi connectivity index (χ0n) is 9.04. The molecule has 2 heteroatoms. The second-order valence-electron chi connectivity index (χ2n) is 4.83. The monoisotopic (exact) mass is 193 g/mol. The van der Waals surface area contributed by atoms with Crippen LogP contribution in [0.1, 0.15) is 12.5 Å². The van der Waals surface area contributed by atoms with Crippen molar-refractivity contribution >= 4 is 8.07 Å². The van der Waals surface area contributed by atoms with Gasteiger partial charge in [-0.15, -0.1) is 0 Å². The Hall–Kier alpha value is -0.633. The van der Waals surface area contributed by atoms with E-state index in [-0.39, 0.29) is 0 Å². The second kappa shape index (κ2) is 4.05. The number of hydrogen-bond donors (Lipinski definition) is 0. The van der Waals surface area contributed by atoms with Crippen LogP contribution in [0.4, 0.5) is 0 Å². The van der Waals surface area contributed by atoms with Gasteiger partial charge < -0.3 is 0 Å². The van der Waals surface area contributed by atoms with E-state index in [0.717, 1.165) is 5.54 Å². The fourth-order valence-electron chi connectivity index (χ4n) is 1.18. The molecule has 0 saturated carbocycles. The molecule has 72 valence electrons. The number of pyridine rings is 1. The van der Waals surface area contributed by atoms with E-state index < -0.39 is 8.07 Å². The summed E-state index contributed by atoms with van der Waals surface area (Å²) in [5.74, 6) is 0. The maximum atomic E-state index is 4.03. The molecule has 0 amide bonds. The number of hydrogen-bond acceptors (Lipinski definition) is 1. The van der Waals surface area contributed by atoms with E-state index in [1.807, 2.05) is 12.4 Å². The first-order chi connectivity index (χ1) is 6.00. The summed E-state index contributed by atoms with van der Waals surface area (Å²) in [6.45, 7) is 9.66. The summed E-state index contributed by atoms with van der Waals surface area (Å²) in [7, 11) is -0.964. The number of nitrogens with zero attached hydrogens (tertiary/aromatic N) is 1. The summed E-state index contributed by atoms with van der Waals surface area (Å²) < 4.78 is 0. The van der Waals surface area contributed by atoms with Crippen LogP contribution >= 0.6 is 0 Å². The van der Waals surface area contributed by atoms with Crippen LogP contribution < -0.4 is 0 Å². The molecule has 1 rings (SSSR count). The Kier molecular flexibility index (Phi) is 3.26. The Labute approximate surface area is 82.2 Å². The van der Waals surface area contributed by atoms with Crippen LogP contribution in [0.15, 0.2) is 24.5 Å². The van der Waals surface area contributed by atoms with E-state index in [1.54, 1.807) is 0 Å². The zero-order valence-corrected chi connectivity index (χ0v) is 10.0. The summed E-state index contributed by atoms with van der Waals surface area (Å²) in [5, 5.41) is 0. The largest absolute Gasteiger partial charge is 0.265 e. The molecular formula is C11H19NSi. The summed E-state index contributed by atoms with van der Waals surface area (Å²) in [6.07, 6.45) is 4.97. The molecule has 1 heterocycles. The van der Waals surface area contributed by atoms with Crippen molar-refractivity contribution < 1.29 is 0 Å². The molecule has 0 bridgehead atoms. The van der Waals surface area contributed by atoms with E-state index >= 15 is 0 Å². The first kappa shape index (κ1) is 10.4. The van der Waals surface area contributed by atoms with Gasteiger partial charge in [0.2, 0.25) is 0 Å². The van der Waals surface area contributed by atoms with Crippen molar-refractivity contribution in [3.8, 4) is 0 Å². The Morgan fingerprint density at radius 1 is 1.23 bits per heavy atom. The summed E-state index contributed by atoms with van der Waals surface area (Å²) in [6, 6.07) is 4.24.